The van der Waals surface area contributed by atoms with Crippen LogP contribution in [0.1, 0.15) is 5.56 Å². The lowest BCUT2D eigenvalue weighted by Gasteiger charge is -2.35. The van der Waals surface area contributed by atoms with Crippen LogP contribution in [0.2, 0.25) is 15.1 Å². The number of aliphatic hydroxyl groups is 1. The molecule has 3 aromatic rings. The second-order valence-corrected chi connectivity index (χ2v) is 9.60. The molecule has 5 nitrogen and oxygen atoms in total. The predicted molar refractivity (Wildman–Crippen MR) is 128 cm³/mol. The van der Waals surface area contributed by atoms with E-state index in [1.807, 2.05) is 0 Å². The molecule has 0 bridgehead atoms. The van der Waals surface area contributed by atoms with Gasteiger partial charge in [-0.15, -0.1) is 0 Å². The summed E-state index contributed by atoms with van der Waals surface area (Å²) in [5, 5.41) is 15.2. The Bertz CT molecular complexity index is 1330. The second-order valence-electron chi connectivity index (χ2n) is 7.21. The van der Waals surface area contributed by atoms with E-state index in [-0.39, 0.29) is 4.91 Å². The maximum Gasteiger partial charge on any atom is 0.295 e. The van der Waals surface area contributed by atoms with Gasteiger partial charge >= 0.3 is 0 Å². The number of aliphatic hydroxyl groups excluding tert-OH is 1. The Morgan fingerprint density at radius 3 is 2.28 bits per heavy atom. The molecule has 160 valence electrons. The van der Waals surface area contributed by atoms with Gasteiger partial charge in [0.15, 0.2) is 11.3 Å². The summed E-state index contributed by atoms with van der Waals surface area (Å²) in [6.07, 6.45) is 0. The highest BCUT2D eigenvalue weighted by Crippen LogP contribution is 2.57. The van der Waals surface area contributed by atoms with Gasteiger partial charge in [-0.05, 0) is 54.6 Å². The molecule has 0 radical (unpaired) electrons. The third-order valence-corrected chi connectivity index (χ3v) is 7.26. The maximum absolute atomic E-state index is 13.6. The monoisotopic (exact) mass is 502 g/mol. The lowest BCUT2D eigenvalue weighted by atomic mass is 9.90. The Balaban J connectivity index is 1.77. The number of rotatable bonds is 3. The maximum atomic E-state index is 13.6. The van der Waals surface area contributed by atoms with Crippen molar-refractivity contribution in [1.29, 1.82) is 0 Å². The van der Waals surface area contributed by atoms with E-state index < -0.39 is 23.1 Å². The van der Waals surface area contributed by atoms with E-state index in [0.717, 1.165) is 11.8 Å². The van der Waals surface area contributed by atoms with Gasteiger partial charge in [0, 0.05) is 36.9 Å². The summed E-state index contributed by atoms with van der Waals surface area (Å²) in [4.78, 5) is 29.2. The molecule has 2 amide bonds. The average molecular weight is 504 g/mol. The minimum Gasteiger partial charge on any atom is -0.502 e. The first-order valence-electron chi connectivity index (χ1n) is 9.41. The number of carbonyl (C=O) groups is 2. The van der Waals surface area contributed by atoms with Crippen molar-refractivity contribution in [2.75, 3.05) is 10.2 Å². The third-order valence-electron chi connectivity index (χ3n) is 5.33. The van der Waals surface area contributed by atoms with Crippen LogP contribution in [0.4, 0.5) is 11.4 Å². The van der Waals surface area contributed by atoms with E-state index in [1.165, 1.54) is 4.90 Å². The van der Waals surface area contributed by atoms with Gasteiger partial charge in [-0.25, -0.2) is 0 Å². The van der Waals surface area contributed by atoms with Crippen molar-refractivity contribution in [3.8, 4) is 0 Å². The molecule has 1 atom stereocenters. The molecule has 1 unspecified atom stereocenters. The van der Waals surface area contributed by atoms with Gasteiger partial charge in [0.25, 0.3) is 11.8 Å². The molecular weight excluding hydrogens is 491 g/mol. The number of nitrogens with one attached hydrogen (secondary N) is 1. The lowest BCUT2D eigenvalue weighted by molar-refractivity contribution is -0.123. The molecule has 0 aromatic heterocycles. The molecule has 0 aliphatic carbocycles. The van der Waals surface area contributed by atoms with Gasteiger partial charge < -0.3 is 10.4 Å². The minimum atomic E-state index is -1.63. The van der Waals surface area contributed by atoms with Crippen LogP contribution in [-0.4, -0.2) is 16.9 Å². The number of carbonyl (C=O) groups excluding carboxylic acids is 2. The fourth-order valence-corrected chi connectivity index (χ4v) is 5.63. The smallest absolute Gasteiger partial charge is 0.295 e. The molecule has 2 heterocycles. The molecule has 2 aliphatic rings. The van der Waals surface area contributed by atoms with Crippen LogP contribution in [-0.2, 0) is 15.1 Å². The summed E-state index contributed by atoms with van der Waals surface area (Å²) in [7, 11) is 0. The van der Waals surface area contributed by atoms with Crippen molar-refractivity contribution in [2.45, 2.75) is 10.4 Å². The van der Waals surface area contributed by atoms with Crippen LogP contribution in [0.3, 0.4) is 0 Å². The molecule has 3 aromatic carbocycles. The van der Waals surface area contributed by atoms with Crippen LogP contribution in [0.15, 0.2) is 82.3 Å². The summed E-state index contributed by atoms with van der Waals surface area (Å²) in [6, 6.07) is 18.4. The topological polar surface area (TPSA) is 69.6 Å². The Labute approximate surface area is 202 Å². The molecule has 5 rings (SSSR count). The first-order valence-corrected chi connectivity index (χ1v) is 11.4. The zero-order valence-electron chi connectivity index (χ0n) is 16.1. The zero-order valence-corrected chi connectivity index (χ0v) is 19.2. The SMILES string of the molecule is O=C1C(O)=C(Sc2ccc(Cl)cc2)C2(C(=O)Nc3cc(Cl)ccc32)N1c1cccc(Cl)c1. The Kier molecular flexibility index (Phi) is 5.13. The number of thioether (sulfide) groups is 1. The van der Waals surface area contributed by atoms with E-state index in [0.29, 0.717) is 36.9 Å². The van der Waals surface area contributed by atoms with E-state index in [4.69, 9.17) is 34.8 Å². The lowest BCUT2D eigenvalue weighted by Crippen LogP contribution is -2.50. The fraction of sp³-hybridized carbons (Fsp3) is 0.0435. The van der Waals surface area contributed by atoms with Crippen molar-refractivity contribution < 1.29 is 14.7 Å². The summed E-state index contributed by atoms with van der Waals surface area (Å²) in [5.41, 5.74) is -0.290. The second kappa shape index (κ2) is 7.74. The Morgan fingerprint density at radius 1 is 0.875 bits per heavy atom. The highest BCUT2D eigenvalue weighted by Gasteiger charge is 2.63. The van der Waals surface area contributed by atoms with Crippen molar-refractivity contribution in [3.05, 3.63) is 98.0 Å². The largest absolute Gasteiger partial charge is 0.502 e. The number of benzene rings is 3. The fourth-order valence-electron chi connectivity index (χ4n) is 4.01. The van der Waals surface area contributed by atoms with Gasteiger partial charge in [-0.2, -0.15) is 0 Å². The van der Waals surface area contributed by atoms with Crippen LogP contribution in [0.25, 0.3) is 0 Å². The Hall–Kier alpha value is -2.64. The number of hydrogen-bond acceptors (Lipinski definition) is 4. The molecule has 32 heavy (non-hydrogen) atoms. The van der Waals surface area contributed by atoms with E-state index in [2.05, 4.69) is 5.32 Å². The van der Waals surface area contributed by atoms with Crippen LogP contribution in [0, 0.1) is 0 Å². The van der Waals surface area contributed by atoms with Crippen LogP contribution in [0.5, 0.6) is 0 Å². The highest BCUT2D eigenvalue weighted by atomic mass is 35.5. The molecular formula is C23H13Cl3N2O3S. The first kappa shape index (κ1) is 21.2. The minimum absolute atomic E-state index is 0.184. The number of nitrogens with zero attached hydrogens (tertiary/aromatic N) is 1. The van der Waals surface area contributed by atoms with Crippen LogP contribution >= 0.6 is 46.6 Å². The van der Waals surface area contributed by atoms with Crippen molar-refractivity contribution in [1.82, 2.24) is 0 Å². The summed E-state index contributed by atoms with van der Waals surface area (Å²) < 4.78 is 0. The first-order chi connectivity index (χ1) is 15.3. The predicted octanol–water partition coefficient (Wildman–Crippen LogP) is 6.40. The number of amides is 2. The van der Waals surface area contributed by atoms with Crippen molar-refractivity contribution >= 4 is 69.8 Å². The highest BCUT2D eigenvalue weighted by molar-refractivity contribution is 8.03. The van der Waals surface area contributed by atoms with Gasteiger partial charge in [-0.1, -0.05) is 58.7 Å². The van der Waals surface area contributed by atoms with E-state index in [9.17, 15) is 14.7 Å². The molecule has 0 saturated carbocycles. The van der Waals surface area contributed by atoms with Gasteiger partial charge in [0.2, 0.25) is 0 Å². The number of fused-ring (bicyclic) bond motifs is 2. The number of hydrogen-bond donors (Lipinski definition) is 2. The summed E-state index contributed by atoms with van der Waals surface area (Å²) in [6.45, 7) is 0. The summed E-state index contributed by atoms with van der Waals surface area (Å²) >= 11 is 19.5. The molecule has 2 N–H and O–H groups in total. The van der Waals surface area contributed by atoms with Gasteiger partial charge in [-0.3, -0.25) is 14.5 Å². The van der Waals surface area contributed by atoms with Crippen LogP contribution < -0.4 is 10.2 Å². The third kappa shape index (κ3) is 3.10. The normalized spacial score (nSPS) is 19.7. The molecule has 1 spiro atoms. The Morgan fingerprint density at radius 2 is 1.56 bits per heavy atom. The van der Waals surface area contributed by atoms with E-state index in [1.54, 1.807) is 66.7 Å². The summed E-state index contributed by atoms with van der Waals surface area (Å²) in [5.74, 6) is -1.70. The average Bonchev–Trinajstić information content (AvgIpc) is 3.15. The molecule has 0 saturated heterocycles. The molecule has 0 fully saturated rings. The van der Waals surface area contributed by atoms with Gasteiger partial charge in [0.1, 0.15) is 0 Å². The standard InChI is InChI=1S/C23H13Cl3N2O3S/c24-12-4-7-16(8-5-12)32-20-19(29)21(30)28(15-3-1-2-13(25)10-15)23(20)17-9-6-14(26)11-18(17)27-22(23)31/h1-11,29H,(H,27,31). The van der Waals surface area contributed by atoms with Crippen molar-refractivity contribution in [3.63, 3.8) is 0 Å². The molecule has 9 heteroatoms. The number of anilines is 2. The number of halogens is 3. The zero-order chi connectivity index (χ0) is 22.6. The van der Waals surface area contributed by atoms with Gasteiger partial charge in [0.05, 0.1) is 4.91 Å². The van der Waals surface area contributed by atoms with E-state index >= 15 is 0 Å². The quantitative estimate of drug-likeness (QED) is 0.434. The molecule has 2 aliphatic heterocycles. The van der Waals surface area contributed by atoms with Crippen molar-refractivity contribution in [2.24, 2.45) is 0 Å².